The lowest BCUT2D eigenvalue weighted by molar-refractivity contribution is -0.384. The van der Waals surface area contributed by atoms with E-state index in [4.69, 9.17) is 12.2 Å². The summed E-state index contributed by atoms with van der Waals surface area (Å²) in [5, 5.41) is 27.3. The van der Waals surface area contributed by atoms with Crippen molar-refractivity contribution in [2.24, 2.45) is 5.92 Å². The van der Waals surface area contributed by atoms with Gasteiger partial charge in [-0.15, -0.1) is 0 Å². The summed E-state index contributed by atoms with van der Waals surface area (Å²) in [6, 6.07) is 6.62. The molecule has 0 spiro atoms. The first-order valence-electron chi connectivity index (χ1n) is 7.64. The molecule has 0 unspecified atom stereocenters. The van der Waals surface area contributed by atoms with Gasteiger partial charge in [0.05, 0.1) is 10.5 Å². The largest absolute Gasteiger partial charge is 0.396 e. The Morgan fingerprint density at radius 3 is 2.78 bits per heavy atom. The molecule has 1 aliphatic rings. The van der Waals surface area contributed by atoms with Gasteiger partial charge in [0.2, 0.25) is 0 Å². The van der Waals surface area contributed by atoms with E-state index in [-0.39, 0.29) is 23.8 Å². The maximum absolute atomic E-state index is 11.0. The van der Waals surface area contributed by atoms with E-state index in [1.807, 2.05) is 26.8 Å². The van der Waals surface area contributed by atoms with Gasteiger partial charge in [-0.25, -0.2) is 0 Å². The average Bonchev–Trinajstić information content (AvgIpc) is 3.11. The molecule has 3 N–H and O–H groups in total. The number of nitro benzene ring substituents is 1. The van der Waals surface area contributed by atoms with Crippen LogP contribution in [0.4, 0.5) is 5.69 Å². The van der Waals surface area contributed by atoms with Gasteiger partial charge in [0.1, 0.15) is 0 Å². The van der Waals surface area contributed by atoms with Crippen molar-refractivity contribution in [3.63, 3.8) is 0 Å². The van der Waals surface area contributed by atoms with Crippen LogP contribution in [0.3, 0.4) is 0 Å². The van der Waals surface area contributed by atoms with E-state index in [9.17, 15) is 15.2 Å². The highest BCUT2D eigenvalue weighted by molar-refractivity contribution is 7.80. The average molecular weight is 337 g/mol. The van der Waals surface area contributed by atoms with Crippen LogP contribution in [0.15, 0.2) is 24.3 Å². The molecule has 23 heavy (non-hydrogen) atoms. The van der Waals surface area contributed by atoms with Crippen LogP contribution in [0.2, 0.25) is 0 Å². The van der Waals surface area contributed by atoms with Crippen LogP contribution in [0.5, 0.6) is 0 Å². The second kappa shape index (κ2) is 6.41. The minimum atomic E-state index is -0.440. The van der Waals surface area contributed by atoms with Gasteiger partial charge in [-0.05, 0) is 57.3 Å². The standard InChI is InChI=1S/C16H23N3O3S/c1-15(2,3)17-14(23)18-16(10-12(16)7-8-20)11-5-4-6-13(9-11)19(21)22/h4-6,9,12,20H,7-8,10H2,1-3H3,(H2,17,18,23)/t12-,16-/m0/s1. The maximum atomic E-state index is 11.0. The number of non-ortho nitro benzene ring substituents is 1. The van der Waals surface area contributed by atoms with Gasteiger partial charge < -0.3 is 15.7 Å². The fourth-order valence-corrected chi connectivity index (χ4v) is 3.37. The predicted molar refractivity (Wildman–Crippen MR) is 93.2 cm³/mol. The number of hydrogen-bond acceptors (Lipinski definition) is 4. The summed E-state index contributed by atoms with van der Waals surface area (Å²) in [5.74, 6) is 0.203. The molecule has 1 saturated carbocycles. The molecular formula is C16H23N3O3S. The quantitative estimate of drug-likeness (QED) is 0.435. The van der Waals surface area contributed by atoms with Crippen molar-refractivity contribution in [2.45, 2.75) is 44.7 Å². The summed E-state index contributed by atoms with van der Waals surface area (Å²) in [6.07, 6.45) is 1.43. The normalized spacial score (nSPS) is 23.2. The molecular weight excluding hydrogens is 314 g/mol. The smallest absolute Gasteiger partial charge is 0.269 e. The SMILES string of the molecule is CC(C)(C)NC(=S)N[C@]1(c2cccc([N+](=O)[O-])c2)C[C@@H]1CCO. The summed E-state index contributed by atoms with van der Waals surface area (Å²) >= 11 is 5.39. The number of nitrogens with zero attached hydrogens (tertiary/aromatic N) is 1. The molecule has 0 amide bonds. The van der Waals surface area contributed by atoms with Gasteiger partial charge in [0.25, 0.3) is 5.69 Å². The Morgan fingerprint density at radius 2 is 2.22 bits per heavy atom. The summed E-state index contributed by atoms with van der Waals surface area (Å²) in [4.78, 5) is 10.6. The number of rotatable bonds is 5. The highest BCUT2D eigenvalue weighted by Gasteiger charge is 2.55. The van der Waals surface area contributed by atoms with E-state index < -0.39 is 10.5 Å². The third-order valence-electron chi connectivity index (χ3n) is 3.98. The molecule has 0 saturated heterocycles. The minimum absolute atomic E-state index is 0.0630. The van der Waals surface area contributed by atoms with Crippen molar-refractivity contribution in [2.75, 3.05) is 6.61 Å². The molecule has 1 fully saturated rings. The van der Waals surface area contributed by atoms with Crippen molar-refractivity contribution in [3.8, 4) is 0 Å². The summed E-state index contributed by atoms with van der Waals surface area (Å²) < 4.78 is 0. The third kappa shape index (κ3) is 4.17. The molecule has 1 aliphatic carbocycles. The van der Waals surface area contributed by atoms with E-state index >= 15 is 0 Å². The first kappa shape index (κ1) is 17.6. The van der Waals surface area contributed by atoms with E-state index in [1.54, 1.807) is 12.1 Å². The zero-order valence-corrected chi connectivity index (χ0v) is 14.4. The third-order valence-corrected chi connectivity index (χ3v) is 4.18. The second-order valence-corrected chi connectivity index (χ2v) is 7.43. The Morgan fingerprint density at radius 1 is 1.52 bits per heavy atom. The lowest BCUT2D eigenvalue weighted by Crippen LogP contribution is -2.50. The van der Waals surface area contributed by atoms with E-state index in [0.29, 0.717) is 11.5 Å². The van der Waals surface area contributed by atoms with Crippen LogP contribution < -0.4 is 10.6 Å². The predicted octanol–water partition coefficient (Wildman–Crippen LogP) is 2.46. The van der Waals surface area contributed by atoms with Gasteiger partial charge in [0.15, 0.2) is 5.11 Å². The molecule has 0 aliphatic heterocycles. The molecule has 0 heterocycles. The van der Waals surface area contributed by atoms with Gasteiger partial charge in [-0.3, -0.25) is 10.1 Å². The summed E-state index contributed by atoms with van der Waals surface area (Å²) in [6.45, 7) is 6.12. The van der Waals surface area contributed by atoms with Crippen molar-refractivity contribution in [3.05, 3.63) is 39.9 Å². The number of nitrogens with one attached hydrogen (secondary N) is 2. The molecule has 0 aromatic heterocycles. The zero-order valence-electron chi connectivity index (χ0n) is 13.6. The molecule has 2 rings (SSSR count). The Hall–Kier alpha value is -1.73. The zero-order chi connectivity index (χ0) is 17.3. The van der Waals surface area contributed by atoms with Crippen molar-refractivity contribution < 1.29 is 10.0 Å². The first-order chi connectivity index (χ1) is 10.7. The molecule has 126 valence electrons. The van der Waals surface area contributed by atoms with Gasteiger partial charge >= 0.3 is 0 Å². The number of hydrogen-bond donors (Lipinski definition) is 3. The number of aliphatic hydroxyl groups is 1. The van der Waals surface area contributed by atoms with Crippen molar-refractivity contribution >= 4 is 23.0 Å². The lowest BCUT2D eigenvalue weighted by atomic mass is 10.0. The summed E-state index contributed by atoms with van der Waals surface area (Å²) in [7, 11) is 0. The second-order valence-electron chi connectivity index (χ2n) is 7.02. The molecule has 0 radical (unpaired) electrons. The van der Waals surface area contributed by atoms with E-state index in [2.05, 4.69) is 10.6 Å². The van der Waals surface area contributed by atoms with Crippen LogP contribution in [-0.2, 0) is 5.54 Å². The molecule has 1 aromatic rings. The monoisotopic (exact) mass is 337 g/mol. The van der Waals surface area contributed by atoms with Crippen molar-refractivity contribution in [1.82, 2.24) is 10.6 Å². The van der Waals surface area contributed by atoms with Crippen LogP contribution >= 0.6 is 12.2 Å². The topological polar surface area (TPSA) is 87.4 Å². The fourth-order valence-electron chi connectivity index (χ4n) is 2.88. The minimum Gasteiger partial charge on any atom is -0.396 e. The maximum Gasteiger partial charge on any atom is 0.269 e. The van der Waals surface area contributed by atoms with Gasteiger partial charge in [-0.2, -0.15) is 0 Å². The van der Waals surface area contributed by atoms with Gasteiger partial charge in [-0.1, -0.05) is 12.1 Å². The molecule has 1 aromatic carbocycles. The van der Waals surface area contributed by atoms with Crippen LogP contribution in [-0.4, -0.2) is 27.3 Å². The van der Waals surface area contributed by atoms with Crippen molar-refractivity contribution in [1.29, 1.82) is 0 Å². The van der Waals surface area contributed by atoms with E-state index in [0.717, 1.165) is 12.0 Å². The van der Waals surface area contributed by atoms with Gasteiger partial charge in [0, 0.05) is 24.3 Å². The lowest BCUT2D eigenvalue weighted by Gasteiger charge is -2.28. The van der Waals surface area contributed by atoms with E-state index in [1.165, 1.54) is 6.07 Å². The summed E-state index contributed by atoms with van der Waals surface area (Å²) in [5.41, 5.74) is 0.288. The van der Waals surface area contributed by atoms with Crippen LogP contribution in [0, 0.1) is 16.0 Å². The Labute approximate surface area is 141 Å². The Balaban J connectivity index is 2.25. The van der Waals surface area contributed by atoms with Crippen LogP contribution in [0.1, 0.15) is 39.2 Å². The van der Waals surface area contributed by atoms with Crippen LogP contribution in [0.25, 0.3) is 0 Å². The number of benzene rings is 1. The number of nitro groups is 1. The molecule has 7 heteroatoms. The molecule has 2 atom stereocenters. The fraction of sp³-hybridized carbons (Fsp3) is 0.562. The first-order valence-corrected chi connectivity index (χ1v) is 8.05. The Bertz CT molecular complexity index is 615. The molecule has 0 bridgehead atoms. The highest BCUT2D eigenvalue weighted by atomic mass is 32.1. The highest BCUT2D eigenvalue weighted by Crippen LogP contribution is 2.54. The molecule has 6 nitrogen and oxygen atoms in total. The number of thiocarbonyl (C=S) groups is 1. The number of aliphatic hydroxyl groups excluding tert-OH is 1. The Kier molecular flexibility index (Phi) is 4.91.